The van der Waals surface area contributed by atoms with Crippen LogP contribution in [0.1, 0.15) is 35.6 Å². The first-order valence-electron chi connectivity index (χ1n) is 17.8. The number of fused-ring (bicyclic) bond motifs is 12. The van der Waals surface area contributed by atoms with E-state index in [4.69, 9.17) is 14.4 Å². The summed E-state index contributed by atoms with van der Waals surface area (Å²) in [6.45, 7) is 2.34. The van der Waals surface area contributed by atoms with Crippen molar-refractivity contribution in [2.24, 2.45) is 5.92 Å². The fourth-order valence-corrected chi connectivity index (χ4v) is 9.06. The summed E-state index contributed by atoms with van der Waals surface area (Å²) in [6.07, 6.45) is 5.78. The maximum atomic E-state index is 6.74. The minimum atomic E-state index is -0.335. The Balaban J connectivity index is 1.13. The van der Waals surface area contributed by atoms with Gasteiger partial charge in [0.15, 0.2) is 5.82 Å². The molecular formula is C48H32N2O. The minimum absolute atomic E-state index is 0.335. The van der Waals surface area contributed by atoms with E-state index < -0.39 is 0 Å². The molecule has 0 saturated carbocycles. The lowest BCUT2D eigenvalue weighted by Crippen LogP contribution is -2.28. The molecule has 6 aromatic carbocycles. The van der Waals surface area contributed by atoms with Crippen LogP contribution in [0.3, 0.4) is 0 Å². The third-order valence-electron chi connectivity index (χ3n) is 11.3. The molecule has 3 nitrogen and oxygen atoms in total. The van der Waals surface area contributed by atoms with Crippen molar-refractivity contribution in [1.29, 1.82) is 0 Å². The quantitative estimate of drug-likeness (QED) is 0.191. The van der Waals surface area contributed by atoms with Gasteiger partial charge in [0.25, 0.3) is 0 Å². The molecule has 0 radical (unpaired) electrons. The second-order valence-electron chi connectivity index (χ2n) is 14.2. The highest BCUT2D eigenvalue weighted by molar-refractivity contribution is 6.10. The van der Waals surface area contributed by atoms with Crippen molar-refractivity contribution in [2.75, 3.05) is 0 Å². The van der Waals surface area contributed by atoms with E-state index in [1.165, 1.54) is 44.5 Å². The van der Waals surface area contributed by atoms with Crippen LogP contribution in [0.4, 0.5) is 0 Å². The predicted molar refractivity (Wildman–Crippen MR) is 207 cm³/mol. The monoisotopic (exact) mass is 652 g/mol. The molecule has 2 aromatic heterocycles. The van der Waals surface area contributed by atoms with Gasteiger partial charge < -0.3 is 4.42 Å². The zero-order chi connectivity index (χ0) is 33.7. The van der Waals surface area contributed by atoms with Gasteiger partial charge >= 0.3 is 0 Å². The van der Waals surface area contributed by atoms with Crippen molar-refractivity contribution in [2.45, 2.75) is 18.8 Å². The van der Waals surface area contributed by atoms with Crippen LogP contribution < -0.4 is 0 Å². The van der Waals surface area contributed by atoms with Gasteiger partial charge in [0.1, 0.15) is 11.2 Å². The van der Waals surface area contributed by atoms with Gasteiger partial charge in [-0.15, -0.1) is 0 Å². The molecule has 0 aliphatic heterocycles. The molecule has 3 aliphatic carbocycles. The number of hydrogen-bond donors (Lipinski definition) is 0. The first-order valence-corrected chi connectivity index (χ1v) is 17.8. The summed E-state index contributed by atoms with van der Waals surface area (Å²) in [5.74, 6) is 1.19. The second-order valence-corrected chi connectivity index (χ2v) is 14.2. The average Bonchev–Trinajstić information content (AvgIpc) is 3.80. The molecule has 2 atom stereocenters. The van der Waals surface area contributed by atoms with Crippen molar-refractivity contribution < 1.29 is 4.42 Å². The Morgan fingerprint density at radius 2 is 1.20 bits per heavy atom. The summed E-state index contributed by atoms with van der Waals surface area (Å²) in [5.41, 5.74) is 17.2. The van der Waals surface area contributed by atoms with Crippen LogP contribution in [0.15, 0.2) is 168 Å². The van der Waals surface area contributed by atoms with E-state index in [-0.39, 0.29) is 5.41 Å². The van der Waals surface area contributed by atoms with Crippen LogP contribution in [0, 0.1) is 5.92 Å². The Labute approximate surface area is 296 Å². The molecule has 0 fully saturated rings. The van der Waals surface area contributed by atoms with Crippen LogP contribution in [-0.2, 0) is 5.41 Å². The van der Waals surface area contributed by atoms with E-state index in [2.05, 4.69) is 140 Å². The van der Waals surface area contributed by atoms with Gasteiger partial charge in [-0.25, -0.2) is 9.97 Å². The van der Waals surface area contributed by atoms with Crippen molar-refractivity contribution in [3.63, 3.8) is 0 Å². The number of allylic oxidation sites excluding steroid dienone is 4. The van der Waals surface area contributed by atoms with Crippen LogP contribution in [-0.4, -0.2) is 9.97 Å². The van der Waals surface area contributed by atoms with Crippen LogP contribution in [0.25, 0.3) is 72.5 Å². The third kappa shape index (κ3) is 4.00. The van der Waals surface area contributed by atoms with Gasteiger partial charge in [0, 0.05) is 27.5 Å². The third-order valence-corrected chi connectivity index (χ3v) is 11.3. The Morgan fingerprint density at radius 3 is 1.98 bits per heavy atom. The van der Waals surface area contributed by atoms with E-state index in [9.17, 15) is 0 Å². The fourth-order valence-electron chi connectivity index (χ4n) is 9.06. The normalized spacial score (nSPS) is 18.3. The van der Waals surface area contributed by atoms with E-state index in [1.54, 1.807) is 0 Å². The largest absolute Gasteiger partial charge is 0.456 e. The van der Waals surface area contributed by atoms with E-state index in [0.29, 0.717) is 11.7 Å². The number of aromatic nitrogens is 2. The summed E-state index contributed by atoms with van der Waals surface area (Å²) >= 11 is 0. The summed E-state index contributed by atoms with van der Waals surface area (Å²) in [6, 6.07) is 52.0. The molecule has 240 valence electrons. The van der Waals surface area contributed by atoms with Gasteiger partial charge in [0.05, 0.1) is 16.8 Å². The highest BCUT2D eigenvalue weighted by Crippen LogP contribution is 2.64. The van der Waals surface area contributed by atoms with E-state index in [1.807, 2.05) is 24.3 Å². The lowest BCUT2D eigenvalue weighted by atomic mass is 9.67. The number of furan rings is 1. The molecule has 51 heavy (non-hydrogen) atoms. The number of nitrogens with zero attached hydrogens (tertiary/aromatic N) is 2. The molecule has 8 aromatic rings. The van der Waals surface area contributed by atoms with Gasteiger partial charge in [-0.3, -0.25) is 0 Å². The minimum Gasteiger partial charge on any atom is -0.456 e. The Hall–Kier alpha value is -6.32. The Kier molecular flexibility index (Phi) is 5.92. The van der Waals surface area contributed by atoms with Gasteiger partial charge in [0.2, 0.25) is 0 Å². The molecule has 2 heterocycles. The number of hydrogen-bond acceptors (Lipinski definition) is 3. The highest BCUT2D eigenvalue weighted by atomic mass is 16.3. The van der Waals surface area contributed by atoms with E-state index in [0.717, 1.165) is 56.4 Å². The van der Waals surface area contributed by atoms with Crippen LogP contribution in [0.5, 0.6) is 0 Å². The lowest BCUT2D eigenvalue weighted by Gasteiger charge is -2.34. The molecular weight excluding hydrogens is 621 g/mol. The van der Waals surface area contributed by atoms with Crippen molar-refractivity contribution >= 4 is 27.5 Å². The molecule has 0 amide bonds. The first-order chi connectivity index (χ1) is 25.2. The number of benzene rings is 6. The molecule has 0 N–H and O–H groups in total. The summed E-state index contributed by atoms with van der Waals surface area (Å²) in [7, 11) is 0. The molecule has 11 rings (SSSR count). The first kappa shape index (κ1) is 28.5. The van der Waals surface area contributed by atoms with Gasteiger partial charge in [-0.1, -0.05) is 128 Å². The Morgan fingerprint density at radius 1 is 0.549 bits per heavy atom. The van der Waals surface area contributed by atoms with Gasteiger partial charge in [-0.05, 0) is 93.3 Å². The molecule has 0 saturated heterocycles. The zero-order valence-electron chi connectivity index (χ0n) is 28.1. The molecule has 1 spiro atoms. The molecule has 3 heteroatoms. The lowest BCUT2D eigenvalue weighted by molar-refractivity contribution is 0.628. The molecule has 2 unspecified atom stereocenters. The predicted octanol–water partition coefficient (Wildman–Crippen LogP) is 12.1. The summed E-state index contributed by atoms with van der Waals surface area (Å²) < 4.78 is 6.74. The smallest absolute Gasteiger partial charge is 0.160 e. The number of rotatable bonds is 3. The highest BCUT2D eigenvalue weighted by Gasteiger charge is 2.53. The topological polar surface area (TPSA) is 38.9 Å². The van der Waals surface area contributed by atoms with Crippen molar-refractivity contribution in [3.8, 4) is 45.0 Å². The van der Waals surface area contributed by atoms with Crippen LogP contribution >= 0.6 is 0 Å². The Bertz CT molecular complexity index is 2730. The maximum absolute atomic E-state index is 6.74. The molecule has 0 bridgehead atoms. The average molecular weight is 653 g/mol. The fraction of sp³-hybridized carbons (Fsp3) is 0.0833. The van der Waals surface area contributed by atoms with Crippen molar-refractivity contribution in [3.05, 3.63) is 186 Å². The SMILES string of the molecule is CC1C=CC2=C(C1)C1(c3ccccc32)c2ccccc2-c2cc3c(cc21)oc1ccc(-c2cc(-c4ccccc4)nc(-c4ccccc4)n2)cc13. The molecule has 3 aliphatic rings. The van der Waals surface area contributed by atoms with Crippen LogP contribution in [0.2, 0.25) is 0 Å². The maximum Gasteiger partial charge on any atom is 0.160 e. The second kappa shape index (κ2) is 10.6. The van der Waals surface area contributed by atoms with Gasteiger partial charge in [-0.2, -0.15) is 0 Å². The zero-order valence-corrected chi connectivity index (χ0v) is 28.1. The summed E-state index contributed by atoms with van der Waals surface area (Å²) in [4.78, 5) is 10.1. The summed E-state index contributed by atoms with van der Waals surface area (Å²) in [5, 5.41) is 2.21. The van der Waals surface area contributed by atoms with Crippen molar-refractivity contribution in [1.82, 2.24) is 9.97 Å². The standard InChI is InChI=1S/C48H32N2O/c1-29-20-22-35-33-16-8-10-18-39(33)48(41(35)24-29)40-19-11-9-17-34(40)36-26-38-37-25-32(21-23-45(37)51-46(38)27-42(36)48)44-28-43(30-12-4-2-5-13-30)49-47(50-44)31-14-6-3-7-15-31/h2-23,25-29H,24H2,1H3. The van der Waals surface area contributed by atoms with E-state index >= 15 is 0 Å².